The third-order valence-corrected chi connectivity index (χ3v) is 5.06. The van der Waals surface area contributed by atoms with Gasteiger partial charge < -0.3 is 20.3 Å². The second-order valence-corrected chi connectivity index (χ2v) is 7.43. The number of halogens is 1. The third kappa shape index (κ3) is 6.68. The second kappa shape index (κ2) is 10.4. The van der Waals surface area contributed by atoms with Gasteiger partial charge in [-0.15, -0.1) is 11.3 Å². The molecule has 0 amide bonds. The molecule has 25 heavy (non-hydrogen) atoms. The zero-order valence-electron chi connectivity index (χ0n) is 14.7. The van der Waals surface area contributed by atoms with E-state index in [0.717, 1.165) is 49.1 Å². The molecule has 0 radical (unpaired) electrons. The van der Waals surface area contributed by atoms with E-state index >= 15 is 0 Å². The minimum absolute atomic E-state index is 0.306. The van der Waals surface area contributed by atoms with Gasteiger partial charge in [0.1, 0.15) is 11.9 Å². The summed E-state index contributed by atoms with van der Waals surface area (Å²) in [6.45, 7) is 6.93. The maximum atomic E-state index is 10.2. The summed E-state index contributed by atoms with van der Waals surface area (Å²) < 4.78 is 2.83. The normalized spacial score (nSPS) is 13.0. The molecule has 0 saturated heterocycles. The van der Waals surface area contributed by atoms with Crippen LogP contribution in [-0.2, 0) is 6.54 Å². The minimum Gasteiger partial charge on any atom is -0.386 e. The van der Waals surface area contributed by atoms with Crippen molar-refractivity contribution in [2.24, 2.45) is 4.99 Å². The number of hydrogen-bond donors (Lipinski definition) is 3. The summed E-state index contributed by atoms with van der Waals surface area (Å²) in [4.78, 5) is 9.51. The number of imidazole rings is 1. The standard InChI is InChI=1S/C17H26ClN5OS/c1-3-19-17(22-12-14(24)15-6-7-16(18)25-15)21-8-4-5-10-23-11-9-20-13(23)2/h6-7,9,11,14,24H,3-5,8,10,12H2,1-2H3,(H2,19,21,22). The molecule has 0 saturated carbocycles. The summed E-state index contributed by atoms with van der Waals surface area (Å²) in [6.07, 6.45) is 5.31. The maximum Gasteiger partial charge on any atom is 0.191 e. The highest BCUT2D eigenvalue weighted by atomic mass is 35.5. The number of nitrogens with one attached hydrogen (secondary N) is 2. The summed E-state index contributed by atoms with van der Waals surface area (Å²) in [5.41, 5.74) is 0. The van der Waals surface area contributed by atoms with Crippen molar-refractivity contribution in [3.8, 4) is 0 Å². The molecule has 3 N–H and O–H groups in total. The van der Waals surface area contributed by atoms with Gasteiger partial charge in [0.2, 0.25) is 0 Å². The van der Waals surface area contributed by atoms with E-state index in [0.29, 0.717) is 10.9 Å². The van der Waals surface area contributed by atoms with Crippen LogP contribution in [0.3, 0.4) is 0 Å². The molecule has 2 aromatic heterocycles. The number of aryl methyl sites for hydroxylation is 2. The first kappa shape index (κ1) is 19.8. The molecule has 2 aromatic rings. The van der Waals surface area contributed by atoms with Crippen LogP contribution in [0.15, 0.2) is 29.5 Å². The Bertz CT molecular complexity index is 670. The fourth-order valence-electron chi connectivity index (χ4n) is 2.37. The first-order chi connectivity index (χ1) is 12.1. The lowest BCUT2D eigenvalue weighted by atomic mass is 10.3. The molecule has 1 atom stereocenters. The van der Waals surface area contributed by atoms with E-state index < -0.39 is 6.10 Å². The Morgan fingerprint density at radius 3 is 2.88 bits per heavy atom. The van der Waals surface area contributed by atoms with Crippen LogP contribution in [0.5, 0.6) is 0 Å². The van der Waals surface area contributed by atoms with Gasteiger partial charge in [0.25, 0.3) is 0 Å². The monoisotopic (exact) mass is 383 g/mol. The molecule has 138 valence electrons. The Morgan fingerprint density at radius 1 is 1.40 bits per heavy atom. The van der Waals surface area contributed by atoms with Gasteiger partial charge in [-0.1, -0.05) is 11.6 Å². The quantitative estimate of drug-likeness (QED) is 0.353. The molecule has 0 aliphatic rings. The molecule has 1 unspecified atom stereocenters. The molecule has 0 aliphatic carbocycles. The van der Waals surface area contributed by atoms with Crippen LogP contribution in [0.4, 0.5) is 0 Å². The Hall–Kier alpha value is -1.57. The molecule has 2 heterocycles. The highest BCUT2D eigenvalue weighted by Gasteiger charge is 2.10. The molecule has 0 fully saturated rings. The van der Waals surface area contributed by atoms with Crippen LogP contribution < -0.4 is 10.6 Å². The molecule has 0 aliphatic heterocycles. The summed E-state index contributed by atoms with van der Waals surface area (Å²) in [5, 5.41) is 16.7. The average Bonchev–Trinajstić information content (AvgIpc) is 3.20. The van der Waals surface area contributed by atoms with Gasteiger partial charge in [-0.2, -0.15) is 0 Å². The zero-order chi connectivity index (χ0) is 18.1. The van der Waals surface area contributed by atoms with Crippen molar-refractivity contribution in [1.82, 2.24) is 20.2 Å². The summed E-state index contributed by atoms with van der Waals surface area (Å²) >= 11 is 7.29. The van der Waals surface area contributed by atoms with Crippen LogP contribution in [0.2, 0.25) is 4.34 Å². The van der Waals surface area contributed by atoms with E-state index in [2.05, 4.69) is 25.2 Å². The fraction of sp³-hybridized carbons (Fsp3) is 0.529. The second-order valence-electron chi connectivity index (χ2n) is 5.68. The van der Waals surface area contributed by atoms with E-state index in [4.69, 9.17) is 11.6 Å². The van der Waals surface area contributed by atoms with Crippen LogP contribution in [0.25, 0.3) is 0 Å². The number of aromatic nitrogens is 2. The summed E-state index contributed by atoms with van der Waals surface area (Å²) in [7, 11) is 0. The number of aliphatic hydroxyl groups is 1. The first-order valence-electron chi connectivity index (χ1n) is 8.53. The molecule has 2 rings (SSSR count). The minimum atomic E-state index is -0.628. The van der Waals surface area contributed by atoms with Crippen molar-refractivity contribution in [2.75, 3.05) is 19.6 Å². The van der Waals surface area contributed by atoms with E-state index in [1.807, 2.05) is 32.3 Å². The SMILES string of the molecule is CCNC(=NCC(O)c1ccc(Cl)s1)NCCCCn1ccnc1C. The van der Waals surface area contributed by atoms with E-state index in [1.54, 1.807) is 6.07 Å². The third-order valence-electron chi connectivity index (χ3n) is 3.73. The lowest BCUT2D eigenvalue weighted by molar-refractivity contribution is 0.191. The number of thiophene rings is 1. The van der Waals surface area contributed by atoms with Gasteiger partial charge in [-0.05, 0) is 38.8 Å². The smallest absolute Gasteiger partial charge is 0.191 e. The van der Waals surface area contributed by atoms with E-state index in [1.165, 1.54) is 11.3 Å². The highest BCUT2D eigenvalue weighted by molar-refractivity contribution is 7.16. The summed E-state index contributed by atoms with van der Waals surface area (Å²) in [6, 6.07) is 3.63. The van der Waals surface area contributed by atoms with Gasteiger partial charge in [0.05, 0.1) is 10.9 Å². The number of hydrogen-bond acceptors (Lipinski definition) is 4. The van der Waals surface area contributed by atoms with Crippen molar-refractivity contribution in [3.05, 3.63) is 39.6 Å². The number of guanidine groups is 1. The molecule has 8 heteroatoms. The first-order valence-corrected chi connectivity index (χ1v) is 9.72. The molecular formula is C17H26ClN5OS. The number of nitrogens with zero attached hydrogens (tertiary/aromatic N) is 3. The van der Waals surface area contributed by atoms with Gasteiger partial charge in [0, 0.05) is 36.9 Å². The molecule has 0 spiro atoms. The Morgan fingerprint density at radius 2 is 2.24 bits per heavy atom. The van der Waals surface area contributed by atoms with Gasteiger partial charge >= 0.3 is 0 Å². The maximum absolute atomic E-state index is 10.2. The van der Waals surface area contributed by atoms with Crippen molar-refractivity contribution in [3.63, 3.8) is 0 Å². The molecule has 0 aromatic carbocycles. The van der Waals surface area contributed by atoms with Crippen LogP contribution in [-0.4, -0.2) is 40.3 Å². The van der Waals surface area contributed by atoms with Crippen molar-refractivity contribution in [1.29, 1.82) is 0 Å². The largest absolute Gasteiger partial charge is 0.386 e. The average molecular weight is 384 g/mol. The van der Waals surface area contributed by atoms with Crippen molar-refractivity contribution in [2.45, 2.75) is 39.3 Å². The Labute approximate surface area is 158 Å². The van der Waals surface area contributed by atoms with Gasteiger partial charge in [-0.25, -0.2) is 4.98 Å². The van der Waals surface area contributed by atoms with Crippen molar-refractivity contribution >= 4 is 28.9 Å². The van der Waals surface area contributed by atoms with Crippen molar-refractivity contribution < 1.29 is 5.11 Å². The van der Waals surface area contributed by atoms with Gasteiger partial charge in [0.15, 0.2) is 5.96 Å². The van der Waals surface area contributed by atoms with E-state index in [-0.39, 0.29) is 0 Å². The highest BCUT2D eigenvalue weighted by Crippen LogP contribution is 2.26. The molecular weight excluding hydrogens is 358 g/mol. The zero-order valence-corrected chi connectivity index (χ0v) is 16.3. The number of aliphatic hydroxyl groups excluding tert-OH is 1. The van der Waals surface area contributed by atoms with Gasteiger partial charge in [-0.3, -0.25) is 4.99 Å². The molecule has 0 bridgehead atoms. The summed E-state index contributed by atoms with van der Waals surface area (Å²) in [5.74, 6) is 1.77. The van der Waals surface area contributed by atoms with Crippen LogP contribution >= 0.6 is 22.9 Å². The fourth-order valence-corrected chi connectivity index (χ4v) is 3.41. The number of rotatable bonds is 9. The van der Waals surface area contributed by atoms with Crippen LogP contribution in [0.1, 0.15) is 36.6 Å². The van der Waals surface area contributed by atoms with E-state index in [9.17, 15) is 5.11 Å². The Kier molecular flexibility index (Phi) is 8.24. The number of unbranched alkanes of at least 4 members (excludes halogenated alkanes) is 1. The van der Waals surface area contributed by atoms with Crippen LogP contribution in [0, 0.1) is 6.92 Å². The lowest BCUT2D eigenvalue weighted by Gasteiger charge is -2.13. The Balaban J connectivity index is 1.72. The predicted molar refractivity (Wildman–Crippen MR) is 104 cm³/mol. The predicted octanol–water partition coefficient (Wildman–Crippen LogP) is 2.98. The molecule has 6 nitrogen and oxygen atoms in total. The lowest BCUT2D eigenvalue weighted by Crippen LogP contribution is -2.38. The topological polar surface area (TPSA) is 74.5 Å². The number of aliphatic imine (C=N–C) groups is 1.